The van der Waals surface area contributed by atoms with E-state index in [-0.39, 0.29) is 0 Å². The van der Waals surface area contributed by atoms with Gasteiger partial charge in [0.05, 0.1) is 10.6 Å². The van der Waals surface area contributed by atoms with Gasteiger partial charge in [-0.25, -0.2) is 8.42 Å². The lowest BCUT2D eigenvalue weighted by Crippen LogP contribution is -1.96. The summed E-state index contributed by atoms with van der Waals surface area (Å²) in [5.41, 5.74) is 3.67. The zero-order valence-corrected chi connectivity index (χ0v) is 14.1. The Labute approximate surface area is 137 Å². The molecule has 0 atom stereocenters. The highest BCUT2D eigenvalue weighted by Gasteiger charge is 2.12. The van der Waals surface area contributed by atoms with Crippen molar-refractivity contribution in [3.63, 3.8) is 0 Å². The van der Waals surface area contributed by atoms with E-state index in [1.54, 1.807) is 24.3 Å². The van der Waals surface area contributed by atoms with E-state index in [1.807, 2.05) is 30.5 Å². The van der Waals surface area contributed by atoms with Crippen LogP contribution in [0.3, 0.4) is 0 Å². The molecule has 22 heavy (non-hydrogen) atoms. The Morgan fingerprint density at radius 1 is 0.955 bits per heavy atom. The van der Waals surface area contributed by atoms with Crippen molar-refractivity contribution in [1.82, 2.24) is 10.2 Å². The van der Waals surface area contributed by atoms with E-state index >= 15 is 0 Å². The predicted octanol–water partition coefficient (Wildman–Crippen LogP) is 3.91. The maximum atomic E-state index is 11.5. The van der Waals surface area contributed by atoms with Crippen LogP contribution >= 0.6 is 15.9 Å². The average molecular weight is 377 g/mol. The maximum absolute atomic E-state index is 11.5. The molecule has 0 unspecified atom stereocenters. The van der Waals surface area contributed by atoms with Crippen LogP contribution in [0.2, 0.25) is 0 Å². The highest BCUT2D eigenvalue weighted by Crippen LogP contribution is 2.31. The number of hydrogen-bond donors (Lipinski definition) is 1. The van der Waals surface area contributed by atoms with Crippen molar-refractivity contribution in [2.75, 3.05) is 6.26 Å². The molecule has 112 valence electrons. The number of benzene rings is 2. The van der Waals surface area contributed by atoms with Crippen LogP contribution in [0, 0.1) is 0 Å². The largest absolute Gasteiger partial charge is 0.284 e. The van der Waals surface area contributed by atoms with Gasteiger partial charge in [0.25, 0.3) is 0 Å². The number of halogens is 1. The van der Waals surface area contributed by atoms with E-state index in [2.05, 4.69) is 26.1 Å². The second-order valence-electron chi connectivity index (χ2n) is 4.95. The van der Waals surface area contributed by atoms with E-state index in [9.17, 15) is 8.42 Å². The molecule has 6 heteroatoms. The summed E-state index contributed by atoms with van der Waals surface area (Å²) in [7, 11) is -3.19. The number of rotatable bonds is 3. The number of nitrogens with zero attached hydrogens (tertiary/aromatic N) is 1. The molecular formula is C16H13BrN2O2S. The lowest BCUT2D eigenvalue weighted by atomic mass is 10.0. The average Bonchev–Trinajstić information content (AvgIpc) is 2.97. The third-order valence-corrected chi connectivity index (χ3v) is 5.01. The number of aromatic amines is 1. The van der Waals surface area contributed by atoms with Crippen LogP contribution < -0.4 is 0 Å². The standard InChI is InChI=1S/C16H13BrN2O2S/c1-22(20,21)14-8-4-12(5-9-14)16-15(10-18-19-16)11-2-6-13(17)7-3-11/h2-10H,1H3,(H,18,19). The highest BCUT2D eigenvalue weighted by atomic mass is 79.9. The molecule has 4 nitrogen and oxygen atoms in total. The molecule has 1 aromatic heterocycles. The fourth-order valence-electron chi connectivity index (χ4n) is 2.22. The van der Waals surface area contributed by atoms with Crippen molar-refractivity contribution in [2.45, 2.75) is 4.90 Å². The van der Waals surface area contributed by atoms with Crippen LogP contribution in [0.15, 0.2) is 64.1 Å². The van der Waals surface area contributed by atoms with Crippen molar-refractivity contribution in [2.24, 2.45) is 0 Å². The van der Waals surface area contributed by atoms with Gasteiger partial charge in [-0.3, -0.25) is 5.10 Å². The molecule has 0 radical (unpaired) electrons. The van der Waals surface area contributed by atoms with Crippen LogP contribution in [0.5, 0.6) is 0 Å². The minimum Gasteiger partial charge on any atom is -0.284 e. The Balaban J connectivity index is 2.03. The maximum Gasteiger partial charge on any atom is 0.175 e. The third-order valence-electron chi connectivity index (χ3n) is 3.35. The van der Waals surface area contributed by atoms with Gasteiger partial charge in [-0.05, 0) is 29.8 Å². The first kappa shape index (κ1) is 15.0. The van der Waals surface area contributed by atoms with Crippen LogP contribution in [0.4, 0.5) is 0 Å². The Morgan fingerprint density at radius 3 is 2.14 bits per heavy atom. The summed E-state index contributed by atoms with van der Waals surface area (Å²) >= 11 is 3.42. The lowest BCUT2D eigenvalue weighted by molar-refractivity contribution is 0.602. The SMILES string of the molecule is CS(=O)(=O)c1ccc(-c2n[nH]cc2-c2ccc(Br)cc2)cc1. The number of sulfone groups is 1. The Hall–Kier alpha value is -1.92. The number of hydrogen-bond acceptors (Lipinski definition) is 3. The zero-order valence-electron chi connectivity index (χ0n) is 11.7. The van der Waals surface area contributed by atoms with Gasteiger partial charge in [-0.2, -0.15) is 5.10 Å². The molecule has 0 saturated carbocycles. The van der Waals surface area contributed by atoms with Crippen LogP contribution in [0.25, 0.3) is 22.4 Å². The summed E-state index contributed by atoms with van der Waals surface area (Å²) < 4.78 is 24.1. The first-order valence-corrected chi connectivity index (χ1v) is 9.24. The van der Waals surface area contributed by atoms with Gasteiger partial charge in [0.15, 0.2) is 9.84 Å². The molecule has 0 fully saturated rings. The Kier molecular flexibility index (Phi) is 3.88. The molecule has 0 aliphatic rings. The van der Waals surface area contributed by atoms with Gasteiger partial charge in [-0.15, -0.1) is 0 Å². The molecule has 3 rings (SSSR count). The smallest absolute Gasteiger partial charge is 0.175 e. The van der Waals surface area contributed by atoms with Crippen molar-refractivity contribution in [3.05, 3.63) is 59.2 Å². The molecule has 0 aliphatic heterocycles. The minimum absolute atomic E-state index is 0.303. The van der Waals surface area contributed by atoms with E-state index in [1.165, 1.54) is 6.26 Å². The van der Waals surface area contributed by atoms with Gasteiger partial charge in [0.1, 0.15) is 0 Å². The van der Waals surface area contributed by atoms with E-state index in [0.717, 1.165) is 26.9 Å². The lowest BCUT2D eigenvalue weighted by Gasteiger charge is -2.04. The number of aromatic nitrogens is 2. The first-order chi connectivity index (χ1) is 10.4. The summed E-state index contributed by atoms with van der Waals surface area (Å²) in [5, 5.41) is 7.17. The topological polar surface area (TPSA) is 62.8 Å². The molecule has 0 amide bonds. The number of nitrogens with one attached hydrogen (secondary N) is 1. The second kappa shape index (κ2) is 5.70. The summed E-state index contributed by atoms with van der Waals surface area (Å²) in [6.45, 7) is 0. The van der Waals surface area contributed by atoms with Gasteiger partial charge < -0.3 is 0 Å². The second-order valence-corrected chi connectivity index (χ2v) is 7.88. The summed E-state index contributed by atoms with van der Waals surface area (Å²) in [6.07, 6.45) is 3.03. The molecule has 0 spiro atoms. The van der Waals surface area contributed by atoms with E-state index in [4.69, 9.17) is 0 Å². The molecule has 1 heterocycles. The fraction of sp³-hybridized carbons (Fsp3) is 0.0625. The fourth-order valence-corrected chi connectivity index (χ4v) is 3.11. The molecule has 0 saturated heterocycles. The van der Waals surface area contributed by atoms with Crippen LogP contribution in [0.1, 0.15) is 0 Å². The first-order valence-electron chi connectivity index (χ1n) is 6.55. The molecule has 3 aromatic rings. The van der Waals surface area contributed by atoms with Crippen molar-refractivity contribution in [1.29, 1.82) is 0 Å². The van der Waals surface area contributed by atoms with Gasteiger partial charge >= 0.3 is 0 Å². The van der Waals surface area contributed by atoms with Gasteiger partial charge in [0, 0.05) is 28.1 Å². The van der Waals surface area contributed by atoms with Crippen LogP contribution in [-0.4, -0.2) is 24.9 Å². The minimum atomic E-state index is -3.19. The summed E-state index contributed by atoms with van der Waals surface area (Å²) in [4.78, 5) is 0.303. The monoisotopic (exact) mass is 376 g/mol. The van der Waals surface area contributed by atoms with E-state index < -0.39 is 9.84 Å². The third kappa shape index (κ3) is 2.98. The summed E-state index contributed by atoms with van der Waals surface area (Å²) in [5.74, 6) is 0. The van der Waals surface area contributed by atoms with Crippen LogP contribution in [-0.2, 0) is 9.84 Å². The quantitative estimate of drug-likeness (QED) is 0.753. The number of H-pyrrole nitrogens is 1. The van der Waals surface area contributed by atoms with E-state index in [0.29, 0.717) is 4.90 Å². The van der Waals surface area contributed by atoms with Crippen molar-refractivity contribution < 1.29 is 8.42 Å². The summed E-state index contributed by atoms with van der Waals surface area (Å²) in [6, 6.07) is 14.7. The molecule has 1 N–H and O–H groups in total. The molecular weight excluding hydrogens is 364 g/mol. The molecule has 0 aliphatic carbocycles. The Morgan fingerprint density at radius 2 is 1.55 bits per heavy atom. The van der Waals surface area contributed by atoms with Crippen molar-refractivity contribution in [3.8, 4) is 22.4 Å². The zero-order chi connectivity index (χ0) is 15.7. The molecule has 0 bridgehead atoms. The Bertz CT molecular complexity index is 898. The van der Waals surface area contributed by atoms with Crippen molar-refractivity contribution >= 4 is 25.8 Å². The normalized spacial score (nSPS) is 11.5. The van der Waals surface area contributed by atoms with Gasteiger partial charge in [0.2, 0.25) is 0 Å². The highest BCUT2D eigenvalue weighted by molar-refractivity contribution is 9.10. The van der Waals surface area contributed by atoms with Gasteiger partial charge in [-0.1, -0.05) is 40.2 Å². The molecule has 2 aromatic carbocycles. The predicted molar refractivity (Wildman–Crippen MR) is 90.3 cm³/mol.